The Labute approximate surface area is 128 Å². The fourth-order valence-corrected chi connectivity index (χ4v) is 3.58. The van der Waals surface area contributed by atoms with Crippen LogP contribution in [0.1, 0.15) is 37.7 Å². The molecule has 1 aromatic carbocycles. The Morgan fingerprint density at radius 3 is 2.60 bits per heavy atom. The third-order valence-corrected chi connectivity index (χ3v) is 5.36. The van der Waals surface area contributed by atoms with Gasteiger partial charge in [-0.05, 0) is 29.9 Å². The SMILES string of the molecule is O=C(Cc1ccccc1F)NCC1(CBr)CCCCC1. The number of hydrogen-bond donors (Lipinski definition) is 1. The van der Waals surface area contributed by atoms with Crippen LogP contribution in [-0.2, 0) is 11.2 Å². The summed E-state index contributed by atoms with van der Waals surface area (Å²) in [6, 6.07) is 6.45. The van der Waals surface area contributed by atoms with Gasteiger partial charge in [0.25, 0.3) is 0 Å². The fourth-order valence-electron chi connectivity index (χ4n) is 2.82. The van der Waals surface area contributed by atoms with Crippen molar-refractivity contribution in [3.63, 3.8) is 0 Å². The summed E-state index contributed by atoms with van der Waals surface area (Å²) >= 11 is 3.59. The molecular weight excluding hydrogens is 321 g/mol. The number of rotatable bonds is 5. The number of amides is 1. The second-order valence-corrected chi connectivity index (χ2v) is 6.30. The van der Waals surface area contributed by atoms with Crippen LogP contribution in [0.2, 0.25) is 0 Å². The Bertz CT molecular complexity index is 458. The van der Waals surface area contributed by atoms with E-state index >= 15 is 0 Å². The molecule has 20 heavy (non-hydrogen) atoms. The zero-order valence-corrected chi connectivity index (χ0v) is 13.2. The van der Waals surface area contributed by atoms with E-state index in [1.807, 2.05) is 0 Å². The number of carbonyl (C=O) groups is 1. The van der Waals surface area contributed by atoms with Crippen molar-refractivity contribution < 1.29 is 9.18 Å². The van der Waals surface area contributed by atoms with Gasteiger partial charge in [0.05, 0.1) is 6.42 Å². The first-order valence-corrected chi connectivity index (χ1v) is 8.33. The number of halogens is 2. The van der Waals surface area contributed by atoms with Crippen LogP contribution in [-0.4, -0.2) is 17.8 Å². The third-order valence-electron chi connectivity index (χ3n) is 4.17. The molecule has 110 valence electrons. The molecule has 1 aliphatic carbocycles. The van der Waals surface area contributed by atoms with Gasteiger partial charge in [0.2, 0.25) is 5.91 Å². The summed E-state index contributed by atoms with van der Waals surface area (Å²) in [4.78, 5) is 12.0. The third kappa shape index (κ3) is 4.05. The molecule has 0 radical (unpaired) electrons. The van der Waals surface area contributed by atoms with Gasteiger partial charge >= 0.3 is 0 Å². The lowest BCUT2D eigenvalue weighted by Gasteiger charge is -2.35. The second-order valence-electron chi connectivity index (χ2n) is 5.74. The first-order chi connectivity index (χ1) is 9.65. The summed E-state index contributed by atoms with van der Waals surface area (Å²) in [6.07, 6.45) is 6.17. The summed E-state index contributed by atoms with van der Waals surface area (Å²) in [5.41, 5.74) is 0.643. The average molecular weight is 342 g/mol. The maximum atomic E-state index is 13.5. The highest BCUT2D eigenvalue weighted by Crippen LogP contribution is 2.37. The molecule has 1 N–H and O–H groups in total. The highest BCUT2D eigenvalue weighted by molar-refractivity contribution is 9.09. The Balaban J connectivity index is 1.87. The summed E-state index contributed by atoms with van der Waals surface area (Å²) in [7, 11) is 0. The van der Waals surface area contributed by atoms with E-state index < -0.39 is 0 Å². The second kappa shape index (κ2) is 7.21. The van der Waals surface area contributed by atoms with Crippen LogP contribution in [0.4, 0.5) is 4.39 Å². The topological polar surface area (TPSA) is 29.1 Å². The largest absolute Gasteiger partial charge is 0.355 e. The van der Waals surface area contributed by atoms with Gasteiger partial charge in [-0.1, -0.05) is 53.4 Å². The molecule has 0 unspecified atom stereocenters. The molecular formula is C16H21BrFNO. The highest BCUT2D eigenvalue weighted by atomic mass is 79.9. The van der Waals surface area contributed by atoms with E-state index in [-0.39, 0.29) is 23.6 Å². The van der Waals surface area contributed by atoms with Gasteiger partial charge in [-0.2, -0.15) is 0 Å². The first kappa shape index (κ1) is 15.5. The molecule has 0 atom stereocenters. The Morgan fingerprint density at radius 2 is 1.95 bits per heavy atom. The van der Waals surface area contributed by atoms with Crippen LogP contribution in [0.3, 0.4) is 0 Å². The standard InChI is InChI=1S/C16H21BrFNO/c17-11-16(8-4-1-5-9-16)12-19-15(20)10-13-6-2-3-7-14(13)18/h2-3,6-7H,1,4-5,8-12H2,(H,19,20). The quantitative estimate of drug-likeness (QED) is 0.810. The van der Waals surface area contributed by atoms with Crippen LogP contribution in [0.25, 0.3) is 0 Å². The Kier molecular flexibility index (Phi) is 5.58. The van der Waals surface area contributed by atoms with E-state index in [1.165, 1.54) is 25.3 Å². The molecule has 2 nitrogen and oxygen atoms in total. The minimum absolute atomic E-state index is 0.0963. The van der Waals surface area contributed by atoms with Crippen molar-refractivity contribution in [1.82, 2.24) is 5.32 Å². The lowest BCUT2D eigenvalue weighted by atomic mass is 9.75. The van der Waals surface area contributed by atoms with E-state index in [4.69, 9.17) is 0 Å². The van der Waals surface area contributed by atoms with Crippen molar-refractivity contribution in [2.24, 2.45) is 5.41 Å². The average Bonchev–Trinajstić information content (AvgIpc) is 2.49. The Hall–Kier alpha value is -0.900. The van der Waals surface area contributed by atoms with Crippen molar-refractivity contribution in [2.45, 2.75) is 38.5 Å². The van der Waals surface area contributed by atoms with Crippen molar-refractivity contribution in [1.29, 1.82) is 0 Å². The number of benzene rings is 1. The zero-order chi connectivity index (χ0) is 14.4. The fraction of sp³-hybridized carbons (Fsp3) is 0.562. The molecule has 1 saturated carbocycles. The molecule has 0 heterocycles. The monoisotopic (exact) mass is 341 g/mol. The summed E-state index contributed by atoms with van der Waals surface area (Å²) in [5, 5.41) is 3.90. The minimum Gasteiger partial charge on any atom is -0.355 e. The molecule has 1 fully saturated rings. The predicted octanol–water partition coefficient (Wildman–Crippen LogP) is 3.83. The van der Waals surface area contributed by atoms with Crippen LogP contribution >= 0.6 is 15.9 Å². The summed E-state index contributed by atoms with van der Waals surface area (Å²) in [5.74, 6) is -0.406. The predicted molar refractivity (Wildman–Crippen MR) is 82.4 cm³/mol. The Morgan fingerprint density at radius 1 is 1.25 bits per heavy atom. The smallest absolute Gasteiger partial charge is 0.224 e. The van der Waals surface area contributed by atoms with Crippen molar-refractivity contribution in [3.05, 3.63) is 35.6 Å². The lowest BCUT2D eigenvalue weighted by Crippen LogP contribution is -2.40. The molecule has 0 aliphatic heterocycles. The van der Waals surface area contributed by atoms with E-state index in [9.17, 15) is 9.18 Å². The van der Waals surface area contributed by atoms with Crippen molar-refractivity contribution in [3.8, 4) is 0 Å². The lowest BCUT2D eigenvalue weighted by molar-refractivity contribution is -0.121. The molecule has 0 spiro atoms. The van der Waals surface area contributed by atoms with Gasteiger partial charge in [-0.15, -0.1) is 0 Å². The molecule has 1 aliphatic rings. The maximum Gasteiger partial charge on any atom is 0.224 e. The zero-order valence-electron chi connectivity index (χ0n) is 11.6. The van der Waals surface area contributed by atoms with Crippen molar-refractivity contribution >= 4 is 21.8 Å². The number of carbonyl (C=O) groups excluding carboxylic acids is 1. The molecule has 1 amide bonds. The van der Waals surface area contributed by atoms with E-state index in [0.717, 1.165) is 18.2 Å². The molecule has 0 aromatic heterocycles. The van der Waals surface area contributed by atoms with Gasteiger partial charge in [0, 0.05) is 11.9 Å². The summed E-state index contributed by atoms with van der Waals surface area (Å²) in [6.45, 7) is 0.686. The van der Waals surface area contributed by atoms with E-state index in [2.05, 4.69) is 21.2 Å². The number of nitrogens with one attached hydrogen (secondary N) is 1. The molecule has 0 bridgehead atoms. The normalized spacial score (nSPS) is 17.7. The van der Waals surface area contributed by atoms with E-state index in [0.29, 0.717) is 12.1 Å². The molecule has 4 heteroatoms. The maximum absolute atomic E-state index is 13.5. The van der Waals surface area contributed by atoms with Gasteiger partial charge in [0.1, 0.15) is 5.82 Å². The molecule has 2 rings (SSSR count). The number of alkyl halides is 1. The minimum atomic E-state index is -0.310. The van der Waals surface area contributed by atoms with Crippen LogP contribution < -0.4 is 5.32 Å². The molecule has 1 aromatic rings. The van der Waals surface area contributed by atoms with Crippen LogP contribution in [0.5, 0.6) is 0 Å². The van der Waals surface area contributed by atoms with Gasteiger partial charge in [0.15, 0.2) is 0 Å². The summed E-state index contributed by atoms with van der Waals surface area (Å²) < 4.78 is 13.5. The molecule has 0 saturated heterocycles. The highest BCUT2D eigenvalue weighted by Gasteiger charge is 2.31. The van der Waals surface area contributed by atoms with Gasteiger partial charge < -0.3 is 5.32 Å². The van der Waals surface area contributed by atoms with Gasteiger partial charge in [-0.3, -0.25) is 4.79 Å². The van der Waals surface area contributed by atoms with Crippen LogP contribution in [0.15, 0.2) is 24.3 Å². The van der Waals surface area contributed by atoms with Gasteiger partial charge in [-0.25, -0.2) is 4.39 Å². The van der Waals surface area contributed by atoms with E-state index in [1.54, 1.807) is 18.2 Å². The van der Waals surface area contributed by atoms with Crippen LogP contribution in [0, 0.1) is 11.2 Å². The first-order valence-electron chi connectivity index (χ1n) is 7.21. The number of hydrogen-bond acceptors (Lipinski definition) is 1. The van der Waals surface area contributed by atoms with Crippen molar-refractivity contribution in [2.75, 3.05) is 11.9 Å².